The summed E-state index contributed by atoms with van der Waals surface area (Å²) in [5, 5.41) is 3.73. The highest BCUT2D eigenvalue weighted by Gasteiger charge is 2.61. The number of hydrogen-bond donors (Lipinski definition) is 1. The van der Waals surface area contributed by atoms with Gasteiger partial charge in [0.2, 0.25) is 0 Å². The number of fused-ring (bicyclic) bond motifs is 2. The molecule has 2 heteroatoms. The molecule has 4 unspecified atom stereocenters. The zero-order chi connectivity index (χ0) is 14.3. The highest BCUT2D eigenvalue weighted by Crippen LogP contribution is 2.71. The van der Waals surface area contributed by atoms with Gasteiger partial charge in [0.05, 0.1) is 13.2 Å². The molecule has 1 N–H and O–H groups in total. The molecule has 6 rings (SSSR count). The number of morpholine rings is 1. The van der Waals surface area contributed by atoms with Crippen LogP contribution in [-0.2, 0) is 4.74 Å². The summed E-state index contributed by atoms with van der Waals surface area (Å²) in [6.07, 6.45) is 12.8. The van der Waals surface area contributed by atoms with Gasteiger partial charge in [-0.1, -0.05) is 25.5 Å². The van der Waals surface area contributed by atoms with Gasteiger partial charge in [0, 0.05) is 12.1 Å². The Hall–Kier alpha value is -0.340. The van der Waals surface area contributed by atoms with Crippen LogP contribution in [0.4, 0.5) is 0 Å². The molecule has 4 aliphatic carbocycles. The van der Waals surface area contributed by atoms with Gasteiger partial charge in [-0.05, 0) is 67.1 Å². The van der Waals surface area contributed by atoms with Crippen molar-refractivity contribution in [2.75, 3.05) is 13.2 Å². The van der Waals surface area contributed by atoms with Gasteiger partial charge < -0.3 is 10.1 Å². The topological polar surface area (TPSA) is 21.3 Å². The molecule has 0 spiro atoms. The third-order valence-corrected chi connectivity index (χ3v) is 7.24. The van der Waals surface area contributed by atoms with Crippen molar-refractivity contribution < 1.29 is 4.74 Å². The van der Waals surface area contributed by atoms with Crippen LogP contribution in [0.1, 0.15) is 58.8 Å². The molecule has 116 valence electrons. The predicted octanol–water partition coefficient (Wildman–Crippen LogP) is 3.67. The molecule has 0 aromatic heterocycles. The summed E-state index contributed by atoms with van der Waals surface area (Å²) >= 11 is 0. The first-order valence-electron chi connectivity index (χ1n) is 9.01. The second-order valence-electron chi connectivity index (χ2n) is 9.81. The first-order chi connectivity index (χ1) is 9.96. The van der Waals surface area contributed by atoms with E-state index in [9.17, 15) is 0 Å². The standard InChI is InChI=1S/C19H29NO/c1-17-5-13-6-18(2,10-17)12-19(7-13,11-17)14-3-15-8-21-9-16(4-14)20-15/h3,13,15-16,20H,4-12H2,1-2H3. The van der Waals surface area contributed by atoms with Crippen LogP contribution in [-0.4, -0.2) is 25.3 Å². The SMILES string of the molecule is CC12CC3CC(C)(C1)CC(C1=CC4COCC(C1)N4)(C3)C2. The van der Waals surface area contributed by atoms with E-state index in [4.69, 9.17) is 4.74 Å². The van der Waals surface area contributed by atoms with Crippen molar-refractivity contribution in [3.05, 3.63) is 11.6 Å². The summed E-state index contributed by atoms with van der Waals surface area (Å²) in [6.45, 7) is 6.99. The Labute approximate surface area is 128 Å². The quantitative estimate of drug-likeness (QED) is 0.743. The Morgan fingerprint density at radius 3 is 2.48 bits per heavy atom. The van der Waals surface area contributed by atoms with E-state index >= 15 is 0 Å². The lowest BCUT2D eigenvalue weighted by Crippen LogP contribution is -2.58. The second kappa shape index (κ2) is 3.94. The molecule has 6 aliphatic rings. The Bertz CT molecular complexity index is 492. The molecule has 0 amide bonds. The second-order valence-corrected chi connectivity index (χ2v) is 9.81. The van der Waals surface area contributed by atoms with E-state index in [1.54, 1.807) is 0 Å². The van der Waals surface area contributed by atoms with Crippen molar-refractivity contribution >= 4 is 0 Å². The van der Waals surface area contributed by atoms with Crippen LogP contribution in [0.15, 0.2) is 11.6 Å². The fourth-order valence-electron chi connectivity index (χ4n) is 7.73. The molecule has 6 bridgehead atoms. The summed E-state index contributed by atoms with van der Waals surface area (Å²) in [6, 6.07) is 1.07. The van der Waals surface area contributed by atoms with Gasteiger partial charge in [-0.3, -0.25) is 0 Å². The van der Waals surface area contributed by atoms with Crippen molar-refractivity contribution in [2.24, 2.45) is 22.2 Å². The fraction of sp³-hybridized carbons (Fsp3) is 0.895. The average molecular weight is 287 g/mol. The third-order valence-electron chi connectivity index (χ3n) is 7.24. The van der Waals surface area contributed by atoms with E-state index in [-0.39, 0.29) is 0 Å². The third kappa shape index (κ3) is 1.91. The average Bonchev–Trinajstić information content (AvgIpc) is 2.33. The molecule has 2 nitrogen and oxygen atoms in total. The molecule has 5 fully saturated rings. The van der Waals surface area contributed by atoms with Gasteiger partial charge in [0.1, 0.15) is 0 Å². The molecule has 0 aromatic carbocycles. The fourth-order valence-corrected chi connectivity index (χ4v) is 7.73. The van der Waals surface area contributed by atoms with Crippen LogP contribution in [0.2, 0.25) is 0 Å². The van der Waals surface area contributed by atoms with Crippen LogP contribution in [0.3, 0.4) is 0 Å². The van der Waals surface area contributed by atoms with Crippen LogP contribution in [0.5, 0.6) is 0 Å². The van der Waals surface area contributed by atoms with Gasteiger partial charge in [0.25, 0.3) is 0 Å². The summed E-state index contributed by atoms with van der Waals surface area (Å²) in [5.74, 6) is 1.00. The van der Waals surface area contributed by atoms with Crippen LogP contribution >= 0.6 is 0 Å². The molecule has 21 heavy (non-hydrogen) atoms. The van der Waals surface area contributed by atoms with E-state index in [0.29, 0.717) is 28.3 Å². The Morgan fingerprint density at radius 2 is 1.81 bits per heavy atom. The minimum Gasteiger partial charge on any atom is -0.378 e. The molecule has 2 heterocycles. The smallest absolute Gasteiger partial charge is 0.0656 e. The van der Waals surface area contributed by atoms with Crippen LogP contribution < -0.4 is 5.32 Å². The van der Waals surface area contributed by atoms with E-state index in [1.165, 1.54) is 44.9 Å². The summed E-state index contributed by atoms with van der Waals surface area (Å²) in [7, 11) is 0. The van der Waals surface area contributed by atoms with Gasteiger partial charge in [0.15, 0.2) is 0 Å². The highest BCUT2D eigenvalue weighted by molar-refractivity contribution is 5.28. The number of hydrogen-bond acceptors (Lipinski definition) is 2. The number of ether oxygens (including phenoxy) is 1. The zero-order valence-corrected chi connectivity index (χ0v) is 13.6. The molecular weight excluding hydrogens is 258 g/mol. The van der Waals surface area contributed by atoms with Crippen LogP contribution in [0, 0.1) is 22.2 Å². The van der Waals surface area contributed by atoms with Crippen molar-refractivity contribution in [1.82, 2.24) is 5.32 Å². The monoisotopic (exact) mass is 287 g/mol. The lowest BCUT2D eigenvalue weighted by molar-refractivity contribution is -0.131. The maximum Gasteiger partial charge on any atom is 0.0656 e. The number of rotatable bonds is 1. The lowest BCUT2D eigenvalue weighted by atomic mass is 9.39. The van der Waals surface area contributed by atoms with Gasteiger partial charge >= 0.3 is 0 Å². The molecular formula is C19H29NO. The van der Waals surface area contributed by atoms with E-state index < -0.39 is 0 Å². The van der Waals surface area contributed by atoms with Crippen molar-refractivity contribution in [3.8, 4) is 0 Å². The highest BCUT2D eigenvalue weighted by atomic mass is 16.5. The van der Waals surface area contributed by atoms with E-state index in [1.807, 2.05) is 5.57 Å². The van der Waals surface area contributed by atoms with Crippen molar-refractivity contribution in [3.63, 3.8) is 0 Å². The minimum absolute atomic E-state index is 0.487. The number of nitrogens with one attached hydrogen (secondary N) is 1. The van der Waals surface area contributed by atoms with Crippen molar-refractivity contribution in [2.45, 2.75) is 70.9 Å². The minimum atomic E-state index is 0.487. The van der Waals surface area contributed by atoms with Crippen molar-refractivity contribution in [1.29, 1.82) is 0 Å². The summed E-state index contributed by atoms with van der Waals surface area (Å²) < 4.78 is 5.74. The molecule has 4 atom stereocenters. The lowest BCUT2D eigenvalue weighted by Gasteiger charge is -2.66. The first-order valence-corrected chi connectivity index (χ1v) is 9.01. The Kier molecular flexibility index (Phi) is 2.47. The molecule has 0 radical (unpaired) electrons. The zero-order valence-electron chi connectivity index (χ0n) is 13.6. The van der Waals surface area contributed by atoms with E-state index in [2.05, 4.69) is 25.2 Å². The molecule has 4 saturated carbocycles. The molecule has 1 saturated heterocycles. The van der Waals surface area contributed by atoms with E-state index in [0.717, 1.165) is 19.1 Å². The normalized spacial score (nSPS) is 58.2. The molecule has 2 aliphatic heterocycles. The van der Waals surface area contributed by atoms with Gasteiger partial charge in [-0.15, -0.1) is 0 Å². The summed E-state index contributed by atoms with van der Waals surface area (Å²) in [4.78, 5) is 0. The van der Waals surface area contributed by atoms with Gasteiger partial charge in [-0.2, -0.15) is 0 Å². The summed E-state index contributed by atoms with van der Waals surface area (Å²) in [5.41, 5.74) is 3.64. The first kappa shape index (κ1) is 13.1. The Morgan fingerprint density at radius 1 is 1.05 bits per heavy atom. The van der Waals surface area contributed by atoms with Gasteiger partial charge in [-0.25, -0.2) is 0 Å². The maximum atomic E-state index is 5.74. The largest absolute Gasteiger partial charge is 0.378 e. The predicted molar refractivity (Wildman–Crippen MR) is 84.1 cm³/mol. The maximum absolute atomic E-state index is 5.74. The van der Waals surface area contributed by atoms with Crippen LogP contribution in [0.25, 0.3) is 0 Å². The molecule has 0 aromatic rings. The Balaban J connectivity index is 1.55.